The number of benzene rings is 1. The van der Waals surface area contributed by atoms with Crippen LogP contribution in [0.5, 0.6) is 0 Å². The van der Waals surface area contributed by atoms with E-state index < -0.39 is 5.92 Å². The molecule has 2 aromatic rings. The monoisotopic (exact) mass is 338 g/mol. The van der Waals surface area contributed by atoms with Gasteiger partial charge in [-0.2, -0.15) is 0 Å². The fourth-order valence-corrected chi connectivity index (χ4v) is 3.98. The third-order valence-corrected chi connectivity index (χ3v) is 5.21. The van der Waals surface area contributed by atoms with E-state index in [1.807, 2.05) is 41.3 Å². The quantitative estimate of drug-likeness (QED) is 0.905. The molecule has 2 atom stereocenters. The maximum Gasteiger partial charge on any atom is 0.231 e. The van der Waals surface area contributed by atoms with Gasteiger partial charge in [0.05, 0.1) is 18.2 Å². The Morgan fingerprint density at radius 2 is 2.00 bits per heavy atom. The molecule has 0 saturated carbocycles. The first-order valence-corrected chi connectivity index (χ1v) is 8.96. The number of para-hydroxylation sites is 1. The van der Waals surface area contributed by atoms with Gasteiger partial charge in [-0.25, -0.2) is 0 Å². The van der Waals surface area contributed by atoms with Crippen molar-refractivity contribution in [2.75, 3.05) is 11.9 Å². The van der Waals surface area contributed by atoms with Crippen LogP contribution < -0.4 is 5.32 Å². The molecule has 4 rings (SSSR count). The molecule has 0 bridgehead atoms. The third kappa shape index (κ3) is 3.06. The smallest absolute Gasteiger partial charge is 0.231 e. The molecule has 2 amide bonds. The van der Waals surface area contributed by atoms with E-state index in [0.717, 1.165) is 42.7 Å². The molecular weight excluding hydrogens is 316 g/mol. The van der Waals surface area contributed by atoms with E-state index in [1.54, 1.807) is 6.26 Å². The van der Waals surface area contributed by atoms with Crippen LogP contribution >= 0.6 is 0 Å². The summed E-state index contributed by atoms with van der Waals surface area (Å²) in [6.45, 7) is 0.713. The Kier molecular flexibility index (Phi) is 4.30. The Morgan fingerprint density at radius 3 is 2.84 bits per heavy atom. The van der Waals surface area contributed by atoms with Crippen molar-refractivity contribution in [2.45, 2.75) is 44.1 Å². The predicted molar refractivity (Wildman–Crippen MR) is 94.1 cm³/mol. The molecule has 5 heteroatoms. The molecule has 2 aliphatic heterocycles. The number of hydrogen-bond acceptors (Lipinski definition) is 3. The molecule has 0 unspecified atom stereocenters. The number of anilines is 1. The molecular formula is C20H22N2O3. The summed E-state index contributed by atoms with van der Waals surface area (Å²) in [6.07, 6.45) is 5.95. The van der Waals surface area contributed by atoms with Crippen LogP contribution in [0.1, 0.15) is 55.4 Å². The molecule has 0 spiro atoms. The van der Waals surface area contributed by atoms with E-state index in [9.17, 15) is 9.59 Å². The van der Waals surface area contributed by atoms with E-state index in [2.05, 4.69) is 5.32 Å². The third-order valence-electron chi connectivity index (χ3n) is 5.21. The lowest BCUT2D eigenvalue weighted by Gasteiger charge is -2.34. The van der Waals surface area contributed by atoms with Crippen molar-refractivity contribution in [1.82, 2.24) is 4.90 Å². The number of furan rings is 1. The Morgan fingerprint density at radius 1 is 1.12 bits per heavy atom. The number of likely N-dealkylation sites (tertiary alicyclic amines) is 1. The lowest BCUT2D eigenvalue weighted by atomic mass is 9.88. The van der Waals surface area contributed by atoms with Crippen molar-refractivity contribution in [3.63, 3.8) is 0 Å². The van der Waals surface area contributed by atoms with Gasteiger partial charge in [0.1, 0.15) is 5.76 Å². The SMILES string of the molecule is O=C1C[C@@H](C(=O)N2CCCCC[C@H]2c2ccco2)c2ccccc2N1. The standard InChI is InChI=1S/C20H22N2O3/c23-19-13-15(14-7-3-4-8-16(14)21-19)20(24)22-11-5-1-2-9-17(22)18-10-6-12-25-18/h3-4,6-8,10,12,15,17H,1-2,5,9,11,13H2,(H,21,23)/t15-,17+/m1/s1. The fourth-order valence-electron chi connectivity index (χ4n) is 3.98. The fraction of sp³-hybridized carbons (Fsp3) is 0.400. The Hall–Kier alpha value is -2.56. The first kappa shape index (κ1) is 15.9. The van der Waals surface area contributed by atoms with Crippen LogP contribution in [0.3, 0.4) is 0 Å². The molecule has 0 aliphatic carbocycles. The summed E-state index contributed by atoms with van der Waals surface area (Å²) in [6, 6.07) is 11.4. The Bertz CT molecular complexity index is 769. The van der Waals surface area contributed by atoms with Crippen LogP contribution in [0.4, 0.5) is 5.69 Å². The van der Waals surface area contributed by atoms with Crippen LogP contribution in [0, 0.1) is 0 Å². The molecule has 130 valence electrons. The number of nitrogens with one attached hydrogen (secondary N) is 1. The van der Waals surface area contributed by atoms with E-state index in [4.69, 9.17) is 4.42 Å². The van der Waals surface area contributed by atoms with Gasteiger partial charge < -0.3 is 14.6 Å². The molecule has 1 fully saturated rings. The van der Waals surface area contributed by atoms with Crippen molar-refractivity contribution < 1.29 is 14.0 Å². The van der Waals surface area contributed by atoms with Gasteiger partial charge in [0, 0.05) is 18.7 Å². The molecule has 3 heterocycles. The van der Waals surface area contributed by atoms with Crippen molar-refractivity contribution in [3.8, 4) is 0 Å². The summed E-state index contributed by atoms with van der Waals surface area (Å²) in [4.78, 5) is 27.5. The minimum Gasteiger partial charge on any atom is -0.467 e. The zero-order valence-corrected chi connectivity index (χ0v) is 14.1. The number of nitrogens with zero attached hydrogens (tertiary/aromatic N) is 1. The molecule has 1 aromatic heterocycles. The van der Waals surface area contributed by atoms with Crippen LogP contribution in [-0.4, -0.2) is 23.3 Å². The van der Waals surface area contributed by atoms with Gasteiger partial charge >= 0.3 is 0 Å². The zero-order chi connectivity index (χ0) is 17.2. The number of carbonyl (C=O) groups is 2. The van der Waals surface area contributed by atoms with E-state index in [0.29, 0.717) is 6.54 Å². The number of hydrogen-bond donors (Lipinski definition) is 1. The topological polar surface area (TPSA) is 62.6 Å². The molecule has 2 aliphatic rings. The first-order valence-electron chi connectivity index (χ1n) is 8.96. The van der Waals surface area contributed by atoms with Gasteiger partial charge in [-0.3, -0.25) is 9.59 Å². The van der Waals surface area contributed by atoms with Crippen molar-refractivity contribution in [2.24, 2.45) is 0 Å². The Labute approximate surface area is 147 Å². The minimum atomic E-state index is -0.416. The summed E-state index contributed by atoms with van der Waals surface area (Å²) in [5.41, 5.74) is 1.66. The maximum atomic E-state index is 13.4. The lowest BCUT2D eigenvalue weighted by molar-refractivity contribution is -0.137. The normalized spacial score (nSPS) is 23.5. The highest BCUT2D eigenvalue weighted by Crippen LogP contribution is 2.37. The highest BCUT2D eigenvalue weighted by atomic mass is 16.3. The second kappa shape index (κ2) is 6.75. The van der Waals surface area contributed by atoms with E-state index >= 15 is 0 Å². The number of rotatable bonds is 2. The first-order chi connectivity index (χ1) is 12.2. The van der Waals surface area contributed by atoms with Gasteiger partial charge in [-0.1, -0.05) is 31.0 Å². The van der Waals surface area contributed by atoms with E-state index in [-0.39, 0.29) is 24.3 Å². The van der Waals surface area contributed by atoms with Crippen LogP contribution in [0.2, 0.25) is 0 Å². The molecule has 1 N–H and O–H groups in total. The average Bonchev–Trinajstić information content (AvgIpc) is 3.05. The summed E-state index contributed by atoms with van der Waals surface area (Å²) in [5, 5.41) is 2.87. The van der Waals surface area contributed by atoms with Crippen LogP contribution in [-0.2, 0) is 9.59 Å². The second-order valence-corrected chi connectivity index (χ2v) is 6.80. The van der Waals surface area contributed by atoms with Crippen LogP contribution in [0.25, 0.3) is 0 Å². The molecule has 25 heavy (non-hydrogen) atoms. The average molecular weight is 338 g/mol. The van der Waals surface area contributed by atoms with Gasteiger partial charge in [0.2, 0.25) is 11.8 Å². The lowest BCUT2D eigenvalue weighted by Crippen LogP contribution is -2.40. The molecule has 0 radical (unpaired) electrons. The maximum absolute atomic E-state index is 13.4. The summed E-state index contributed by atoms with van der Waals surface area (Å²) in [7, 11) is 0. The predicted octanol–water partition coefficient (Wildman–Crippen LogP) is 3.85. The summed E-state index contributed by atoms with van der Waals surface area (Å²) < 4.78 is 5.61. The van der Waals surface area contributed by atoms with Gasteiger partial charge in [-0.15, -0.1) is 0 Å². The second-order valence-electron chi connectivity index (χ2n) is 6.80. The van der Waals surface area contributed by atoms with E-state index in [1.165, 1.54) is 0 Å². The molecule has 1 aromatic carbocycles. The number of amides is 2. The largest absolute Gasteiger partial charge is 0.467 e. The van der Waals surface area contributed by atoms with Crippen molar-refractivity contribution >= 4 is 17.5 Å². The van der Waals surface area contributed by atoms with Gasteiger partial charge in [0.25, 0.3) is 0 Å². The highest BCUT2D eigenvalue weighted by Gasteiger charge is 2.37. The van der Waals surface area contributed by atoms with Crippen LogP contribution in [0.15, 0.2) is 47.1 Å². The minimum absolute atomic E-state index is 0.0330. The number of carbonyl (C=O) groups excluding carboxylic acids is 2. The molecule has 5 nitrogen and oxygen atoms in total. The highest BCUT2D eigenvalue weighted by molar-refractivity contribution is 6.01. The molecule has 1 saturated heterocycles. The summed E-state index contributed by atoms with van der Waals surface area (Å²) >= 11 is 0. The van der Waals surface area contributed by atoms with Gasteiger partial charge in [-0.05, 0) is 36.6 Å². The summed E-state index contributed by atoms with van der Waals surface area (Å²) in [5.74, 6) is 0.358. The Balaban J connectivity index is 1.67. The van der Waals surface area contributed by atoms with Crippen molar-refractivity contribution in [1.29, 1.82) is 0 Å². The zero-order valence-electron chi connectivity index (χ0n) is 14.1. The van der Waals surface area contributed by atoms with Gasteiger partial charge in [0.15, 0.2) is 0 Å². The number of fused-ring (bicyclic) bond motifs is 1. The van der Waals surface area contributed by atoms with Crippen molar-refractivity contribution in [3.05, 3.63) is 54.0 Å².